The minimum absolute atomic E-state index is 0.133. The minimum atomic E-state index is -0.535. The molecule has 4 heteroatoms. The third-order valence-electron chi connectivity index (χ3n) is 5.84. The second kappa shape index (κ2) is 4.47. The summed E-state index contributed by atoms with van der Waals surface area (Å²) in [6.45, 7) is 0.829. The summed E-state index contributed by atoms with van der Waals surface area (Å²) in [7, 11) is 0. The molecule has 1 N–H and O–H groups in total. The molecular formula is C16H24N2O2. The molecule has 4 fully saturated rings. The van der Waals surface area contributed by atoms with E-state index in [0.717, 1.165) is 45.1 Å². The fourth-order valence-corrected chi connectivity index (χ4v) is 4.25. The standard InChI is InChI=1S/C16H24N2O2/c19-14-13(12-6-7-12)18(10-11-4-3-5-11)15(20)16(17-14)8-1-2-9-16/h11-13H,1-10H2,(H,17,19). The lowest BCUT2D eigenvalue weighted by Crippen LogP contribution is -2.70. The molecule has 1 unspecified atom stereocenters. The molecule has 0 aromatic carbocycles. The van der Waals surface area contributed by atoms with Gasteiger partial charge in [0.05, 0.1) is 0 Å². The Hall–Kier alpha value is -1.06. The van der Waals surface area contributed by atoms with Crippen molar-refractivity contribution in [2.45, 2.75) is 69.4 Å². The molecule has 1 atom stereocenters. The predicted octanol–water partition coefficient (Wildman–Crippen LogP) is 1.84. The molecule has 4 aliphatic rings. The Kier molecular flexibility index (Phi) is 2.83. The van der Waals surface area contributed by atoms with Gasteiger partial charge in [0.2, 0.25) is 11.8 Å². The van der Waals surface area contributed by atoms with Crippen LogP contribution in [0.15, 0.2) is 0 Å². The Bertz CT molecular complexity index is 434. The molecule has 3 aliphatic carbocycles. The Morgan fingerprint density at radius 1 is 1.05 bits per heavy atom. The normalized spacial score (nSPS) is 33.4. The van der Waals surface area contributed by atoms with Crippen LogP contribution in [-0.2, 0) is 9.59 Å². The van der Waals surface area contributed by atoms with E-state index in [2.05, 4.69) is 5.32 Å². The monoisotopic (exact) mass is 276 g/mol. The molecule has 0 aromatic heterocycles. The average molecular weight is 276 g/mol. The van der Waals surface area contributed by atoms with Crippen molar-refractivity contribution in [3.63, 3.8) is 0 Å². The summed E-state index contributed by atoms with van der Waals surface area (Å²) in [5, 5.41) is 3.12. The summed E-state index contributed by atoms with van der Waals surface area (Å²) in [5.74, 6) is 1.44. The number of hydrogen-bond acceptors (Lipinski definition) is 2. The van der Waals surface area contributed by atoms with Gasteiger partial charge in [0.1, 0.15) is 11.6 Å². The van der Waals surface area contributed by atoms with E-state index in [-0.39, 0.29) is 17.9 Å². The van der Waals surface area contributed by atoms with Gasteiger partial charge in [-0.05, 0) is 50.4 Å². The number of carbonyl (C=O) groups excluding carboxylic acids is 2. The summed E-state index contributed by atoms with van der Waals surface area (Å²) in [6, 6.07) is -0.158. The highest BCUT2D eigenvalue weighted by molar-refractivity contribution is 6.00. The van der Waals surface area contributed by atoms with E-state index in [1.165, 1.54) is 19.3 Å². The third kappa shape index (κ3) is 1.87. The van der Waals surface area contributed by atoms with Gasteiger partial charge in [-0.15, -0.1) is 0 Å². The first-order chi connectivity index (χ1) is 9.70. The molecule has 110 valence electrons. The second-order valence-electron chi connectivity index (χ2n) is 7.32. The number of nitrogens with one attached hydrogen (secondary N) is 1. The second-order valence-corrected chi connectivity index (χ2v) is 7.32. The van der Waals surface area contributed by atoms with Gasteiger partial charge in [-0.25, -0.2) is 0 Å². The summed E-state index contributed by atoms with van der Waals surface area (Å²) in [6.07, 6.45) is 9.80. The lowest BCUT2D eigenvalue weighted by atomic mass is 9.82. The smallest absolute Gasteiger partial charge is 0.249 e. The summed E-state index contributed by atoms with van der Waals surface area (Å²) in [4.78, 5) is 27.6. The maximum Gasteiger partial charge on any atom is 0.249 e. The number of piperazine rings is 1. The molecule has 1 saturated heterocycles. The summed E-state index contributed by atoms with van der Waals surface area (Å²) in [5.41, 5.74) is -0.535. The van der Waals surface area contributed by atoms with Crippen molar-refractivity contribution in [1.29, 1.82) is 0 Å². The topological polar surface area (TPSA) is 49.4 Å². The molecule has 1 heterocycles. The van der Waals surface area contributed by atoms with Gasteiger partial charge in [0, 0.05) is 6.54 Å². The number of carbonyl (C=O) groups is 2. The number of nitrogens with zero attached hydrogens (tertiary/aromatic N) is 1. The first kappa shape index (κ1) is 12.7. The fraction of sp³-hybridized carbons (Fsp3) is 0.875. The van der Waals surface area contributed by atoms with Gasteiger partial charge in [0.15, 0.2) is 0 Å². The van der Waals surface area contributed by atoms with Crippen molar-refractivity contribution in [3.8, 4) is 0 Å². The molecule has 1 spiro atoms. The lowest BCUT2D eigenvalue weighted by molar-refractivity contribution is -0.157. The molecule has 2 amide bonds. The van der Waals surface area contributed by atoms with Gasteiger partial charge >= 0.3 is 0 Å². The van der Waals surface area contributed by atoms with Crippen molar-refractivity contribution >= 4 is 11.8 Å². The molecule has 1 aliphatic heterocycles. The molecule has 0 aromatic rings. The first-order valence-electron chi connectivity index (χ1n) is 8.33. The van der Waals surface area contributed by atoms with Gasteiger partial charge in [-0.3, -0.25) is 9.59 Å². The van der Waals surface area contributed by atoms with E-state index in [9.17, 15) is 9.59 Å². The molecule has 0 bridgehead atoms. The van der Waals surface area contributed by atoms with E-state index in [4.69, 9.17) is 0 Å². The summed E-state index contributed by atoms with van der Waals surface area (Å²) < 4.78 is 0. The van der Waals surface area contributed by atoms with Crippen LogP contribution in [-0.4, -0.2) is 34.8 Å². The van der Waals surface area contributed by atoms with Crippen molar-refractivity contribution < 1.29 is 9.59 Å². The average Bonchev–Trinajstić information content (AvgIpc) is 3.09. The van der Waals surface area contributed by atoms with Crippen LogP contribution in [0, 0.1) is 11.8 Å². The van der Waals surface area contributed by atoms with Crippen molar-refractivity contribution in [2.24, 2.45) is 11.8 Å². The molecule has 4 nitrogen and oxygen atoms in total. The Balaban J connectivity index is 1.60. The zero-order valence-corrected chi connectivity index (χ0v) is 12.1. The van der Waals surface area contributed by atoms with Crippen LogP contribution in [0.2, 0.25) is 0 Å². The van der Waals surface area contributed by atoms with Crippen LogP contribution in [0.1, 0.15) is 57.8 Å². The lowest BCUT2D eigenvalue weighted by Gasteiger charge is -2.46. The number of rotatable bonds is 3. The van der Waals surface area contributed by atoms with Gasteiger partial charge in [-0.2, -0.15) is 0 Å². The number of amides is 2. The minimum Gasteiger partial charge on any atom is -0.340 e. The molecule has 3 saturated carbocycles. The maximum atomic E-state index is 13.0. The Morgan fingerprint density at radius 3 is 2.30 bits per heavy atom. The van der Waals surface area contributed by atoms with Crippen LogP contribution in [0.3, 0.4) is 0 Å². The third-order valence-corrected chi connectivity index (χ3v) is 5.84. The van der Waals surface area contributed by atoms with Gasteiger partial charge in [-0.1, -0.05) is 19.3 Å². The summed E-state index contributed by atoms with van der Waals surface area (Å²) >= 11 is 0. The Labute approximate surface area is 120 Å². The highest BCUT2D eigenvalue weighted by Gasteiger charge is 2.55. The van der Waals surface area contributed by atoms with Crippen LogP contribution < -0.4 is 5.32 Å². The van der Waals surface area contributed by atoms with Crippen LogP contribution >= 0.6 is 0 Å². The van der Waals surface area contributed by atoms with Crippen LogP contribution in [0.4, 0.5) is 0 Å². The van der Waals surface area contributed by atoms with Gasteiger partial charge < -0.3 is 10.2 Å². The molecule has 0 radical (unpaired) electrons. The van der Waals surface area contributed by atoms with Crippen molar-refractivity contribution in [3.05, 3.63) is 0 Å². The predicted molar refractivity (Wildman–Crippen MR) is 74.9 cm³/mol. The van der Waals surface area contributed by atoms with E-state index >= 15 is 0 Å². The Morgan fingerprint density at radius 2 is 1.75 bits per heavy atom. The zero-order valence-electron chi connectivity index (χ0n) is 12.1. The van der Waals surface area contributed by atoms with E-state index in [1.54, 1.807) is 0 Å². The zero-order chi connectivity index (χ0) is 13.7. The molecule has 4 rings (SSSR count). The van der Waals surface area contributed by atoms with Crippen molar-refractivity contribution in [1.82, 2.24) is 10.2 Å². The van der Waals surface area contributed by atoms with Crippen LogP contribution in [0.25, 0.3) is 0 Å². The first-order valence-corrected chi connectivity index (χ1v) is 8.33. The van der Waals surface area contributed by atoms with E-state index in [0.29, 0.717) is 11.8 Å². The quantitative estimate of drug-likeness (QED) is 0.855. The highest BCUT2D eigenvalue weighted by atomic mass is 16.2. The highest BCUT2D eigenvalue weighted by Crippen LogP contribution is 2.42. The SMILES string of the molecule is O=C1NC2(CCCC2)C(=O)N(CC2CCC2)C1C1CC1. The van der Waals surface area contributed by atoms with E-state index in [1.807, 2.05) is 4.90 Å². The van der Waals surface area contributed by atoms with E-state index < -0.39 is 5.54 Å². The molecular weight excluding hydrogens is 252 g/mol. The largest absolute Gasteiger partial charge is 0.340 e. The van der Waals surface area contributed by atoms with Crippen LogP contribution in [0.5, 0.6) is 0 Å². The van der Waals surface area contributed by atoms with Crippen molar-refractivity contribution in [2.75, 3.05) is 6.54 Å². The fourth-order valence-electron chi connectivity index (χ4n) is 4.25. The van der Waals surface area contributed by atoms with Gasteiger partial charge in [0.25, 0.3) is 0 Å². The molecule has 20 heavy (non-hydrogen) atoms. The maximum absolute atomic E-state index is 13.0. The number of hydrogen-bond donors (Lipinski definition) is 1.